The van der Waals surface area contributed by atoms with E-state index in [1.165, 1.54) is 70.4 Å². The topological polar surface area (TPSA) is 104 Å². The summed E-state index contributed by atoms with van der Waals surface area (Å²) >= 11 is 0. The number of aromatic nitrogens is 4. The maximum absolute atomic E-state index is 10.1. The standard InChI is InChI=1S/C44H27N3Si.C38H22N4.C35H23N3/c1-46-38-22-12-14-30(29-45)43(38)37-21-13-24-40-44(37)36-20-8-10-23-39(36)47(40)31-26-27-35-34-19-9-11-25-41(34)48(42(35)28-31,32-15-4-2-5-16-32)33-17-6-3-7-18-33;1-40-32-17-9-11-25(24-39)37(32)31-16-10-20-35-38(31)30-15-6-8-19-34(30)42(35)27-21-22-29-28-14-5-7-18-33(28)41(36(29)23-27)26-12-3-2-4-13-26;1-35(2)28-14-6-4-11-24(28)25-19-18-23(20-29(25)35)38-31-16-7-5-12-26(31)34-27(13-9-17-32(34)38)33-22(21-36)10-8-15-30(33)37-3/h2-28H;2-23H;4-20H,1-2H3. The van der Waals surface area contributed by atoms with Crippen molar-refractivity contribution in [3.63, 3.8) is 0 Å². The average Bonchev–Trinajstić information content (AvgIpc) is 1.53. The number of fused-ring (bicyclic) bond motifs is 18. The molecule has 0 bridgehead atoms. The Hall–Kier alpha value is -17.7. The van der Waals surface area contributed by atoms with Crippen LogP contribution >= 0.6 is 0 Å². The molecule has 2 aliphatic rings. The lowest BCUT2D eigenvalue weighted by Gasteiger charge is -2.31. The first-order chi connectivity index (χ1) is 63.1. The molecule has 128 heavy (non-hydrogen) atoms. The van der Waals surface area contributed by atoms with E-state index in [1.54, 1.807) is 54.6 Å². The van der Waals surface area contributed by atoms with E-state index in [2.05, 4.69) is 362 Å². The molecule has 22 aromatic rings. The Labute approximate surface area is 740 Å². The van der Waals surface area contributed by atoms with Crippen molar-refractivity contribution >= 4 is 133 Å². The van der Waals surface area contributed by atoms with Crippen LogP contribution in [0.3, 0.4) is 0 Å². The molecular weight excluding hydrogens is 1570 g/mol. The van der Waals surface area contributed by atoms with Gasteiger partial charge >= 0.3 is 0 Å². The van der Waals surface area contributed by atoms with Gasteiger partial charge in [0.1, 0.15) is 0 Å². The number of nitrogens with zero attached hydrogens (tertiary/aromatic N) is 10. The van der Waals surface area contributed by atoms with E-state index in [1.807, 2.05) is 48.5 Å². The Morgan fingerprint density at radius 1 is 0.250 bits per heavy atom. The molecule has 0 unspecified atom stereocenters. The molecule has 0 amide bonds. The molecule has 0 saturated heterocycles. The van der Waals surface area contributed by atoms with Crippen LogP contribution in [0.15, 0.2) is 400 Å². The summed E-state index contributed by atoms with van der Waals surface area (Å²) in [5, 5.41) is 44.4. The normalized spacial score (nSPS) is 12.4. The Morgan fingerprint density at radius 3 is 1.05 bits per heavy atom. The molecule has 594 valence electrons. The zero-order valence-corrected chi connectivity index (χ0v) is 70.6. The van der Waals surface area contributed by atoms with Gasteiger partial charge in [-0.25, -0.2) is 14.5 Å². The summed E-state index contributed by atoms with van der Waals surface area (Å²) in [7, 11) is -2.68. The first kappa shape index (κ1) is 76.4. The minimum absolute atomic E-state index is 0.0951. The van der Waals surface area contributed by atoms with Crippen LogP contribution in [0, 0.1) is 53.7 Å². The van der Waals surface area contributed by atoms with Gasteiger partial charge in [-0.15, -0.1) is 0 Å². The average molecular weight is 1650 g/mol. The molecule has 1 aliphatic carbocycles. The molecule has 10 nitrogen and oxygen atoms in total. The van der Waals surface area contributed by atoms with Crippen molar-refractivity contribution < 1.29 is 0 Å². The van der Waals surface area contributed by atoms with Crippen molar-refractivity contribution in [3.8, 4) is 96.6 Å². The monoisotopic (exact) mass is 1640 g/mol. The highest BCUT2D eigenvalue weighted by atomic mass is 28.3. The van der Waals surface area contributed by atoms with E-state index in [4.69, 9.17) is 19.7 Å². The van der Waals surface area contributed by atoms with Gasteiger partial charge in [0, 0.05) is 105 Å². The van der Waals surface area contributed by atoms with Crippen molar-refractivity contribution in [1.82, 2.24) is 18.3 Å². The Morgan fingerprint density at radius 2 is 0.578 bits per heavy atom. The third-order valence-electron chi connectivity index (χ3n) is 26.2. The van der Waals surface area contributed by atoms with Crippen LogP contribution in [0.2, 0.25) is 0 Å². The maximum atomic E-state index is 10.1. The Bertz CT molecular complexity index is 8560. The number of rotatable bonds is 9. The number of nitriles is 3. The Kier molecular flexibility index (Phi) is 18.4. The quantitative estimate of drug-likeness (QED) is 0.106. The smallest absolute Gasteiger partial charge is 0.196 e. The molecule has 0 spiro atoms. The van der Waals surface area contributed by atoms with Gasteiger partial charge in [0.05, 0.1) is 82.1 Å². The molecule has 0 fully saturated rings. The lowest BCUT2D eigenvalue weighted by Crippen LogP contribution is -2.72. The van der Waals surface area contributed by atoms with E-state index in [0.29, 0.717) is 50.4 Å². The van der Waals surface area contributed by atoms with Gasteiger partial charge in [0.25, 0.3) is 0 Å². The minimum atomic E-state index is -2.68. The Balaban J connectivity index is 0.000000114. The van der Waals surface area contributed by atoms with E-state index in [-0.39, 0.29) is 5.41 Å². The van der Waals surface area contributed by atoms with Crippen LogP contribution in [-0.2, 0) is 5.41 Å². The van der Waals surface area contributed by atoms with E-state index < -0.39 is 8.07 Å². The van der Waals surface area contributed by atoms with Gasteiger partial charge in [0.15, 0.2) is 25.1 Å². The molecule has 18 aromatic carbocycles. The zero-order chi connectivity index (χ0) is 86.5. The van der Waals surface area contributed by atoms with E-state index >= 15 is 0 Å². The lowest BCUT2D eigenvalue weighted by atomic mass is 9.82. The molecule has 5 heterocycles. The maximum Gasteiger partial charge on any atom is 0.196 e. The van der Waals surface area contributed by atoms with E-state index in [9.17, 15) is 15.8 Å². The number of hydrogen-bond donors (Lipinski definition) is 0. The summed E-state index contributed by atoms with van der Waals surface area (Å²) in [6, 6.07) is 146. The predicted molar refractivity (Wildman–Crippen MR) is 526 cm³/mol. The van der Waals surface area contributed by atoms with Gasteiger partial charge in [-0.05, 0) is 180 Å². The summed E-state index contributed by atoms with van der Waals surface area (Å²) in [4.78, 5) is 11.4. The fourth-order valence-corrected chi connectivity index (χ4v) is 26.1. The third-order valence-corrected chi connectivity index (χ3v) is 31.1. The molecule has 4 aromatic heterocycles. The first-order valence-electron chi connectivity index (χ1n) is 42.6. The molecule has 11 heteroatoms. The predicted octanol–water partition coefficient (Wildman–Crippen LogP) is 27.4. The fourth-order valence-electron chi connectivity index (χ4n) is 20.9. The second kappa shape index (κ2) is 30.7. The van der Waals surface area contributed by atoms with Gasteiger partial charge in [-0.3, -0.25) is 0 Å². The van der Waals surface area contributed by atoms with Crippen molar-refractivity contribution in [3.05, 3.63) is 462 Å². The van der Waals surface area contributed by atoms with Crippen LogP contribution < -0.4 is 20.7 Å². The zero-order valence-electron chi connectivity index (χ0n) is 69.6. The molecule has 0 N–H and O–H groups in total. The summed E-state index contributed by atoms with van der Waals surface area (Å²) < 4.78 is 9.31. The number of para-hydroxylation sites is 5. The first-order valence-corrected chi connectivity index (χ1v) is 44.6. The number of hydrogen-bond acceptors (Lipinski definition) is 3. The molecule has 0 saturated carbocycles. The molecule has 0 radical (unpaired) electrons. The summed E-state index contributed by atoms with van der Waals surface area (Å²) in [5.74, 6) is 0. The summed E-state index contributed by atoms with van der Waals surface area (Å²) in [6.45, 7) is 28.2. The largest absolute Gasteiger partial charge is 0.309 e. The van der Waals surface area contributed by atoms with Crippen LogP contribution in [0.4, 0.5) is 17.1 Å². The van der Waals surface area contributed by atoms with Crippen LogP contribution in [-0.4, -0.2) is 26.3 Å². The van der Waals surface area contributed by atoms with Crippen LogP contribution in [0.25, 0.3) is 180 Å². The summed E-state index contributed by atoms with van der Waals surface area (Å²) in [5.41, 5.74) is 28.6. The van der Waals surface area contributed by atoms with Gasteiger partial charge in [0.2, 0.25) is 0 Å². The minimum Gasteiger partial charge on any atom is -0.309 e. The molecule has 1 aliphatic heterocycles. The number of benzene rings is 18. The van der Waals surface area contributed by atoms with Gasteiger partial charge in [-0.1, -0.05) is 305 Å². The van der Waals surface area contributed by atoms with Gasteiger partial charge < -0.3 is 18.3 Å². The van der Waals surface area contributed by atoms with Crippen molar-refractivity contribution in [2.45, 2.75) is 19.3 Å². The molecule has 0 atom stereocenters. The van der Waals surface area contributed by atoms with Crippen molar-refractivity contribution in [2.24, 2.45) is 0 Å². The van der Waals surface area contributed by atoms with Crippen LogP contribution in [0.1, 0.15) is 41.7 Å². The molecular formula is C117H72N10Si. The second-order valence-corrected chi connectivity index (χ2v) is 36.7. The van der Waals surface area contributed by atoms with Crippen molar-refractivity contribution in [1.29, 1.82) is 15.8 Å². The fraction of sp³-hybridized carbons (Fsp3) is 0.0256. The van der Waals surface area contributed by atoms with Crippen LogP contribution in [0.5, 0.6) is 0 Å². The third kappa shape index (κ3) is 11.6. The van der Waals surface area contributed by atoms with Gasteiger partial charge in [-0.2, -0.15) is 15.8 Å². The highest BCUT2D eigenvalue weighted by Gasteiger charge is 2.49. The summed E-state index contributed by atoms with van der Waals surface area (Å²) in [6.07, 6.45) is 0. The SMILES string of the molecule is [C-]#[N+]c1cccc(C#N)c1-c1cccc2c1c1ccccc1n2-c1ccc2c(c1)C(C)(C)c1ccccc1-2.[C-]#[N+]c1cccc(C#N)c1-c1cccc2c1c1ccccc1n2-c1ccc2c(c1)[Si](c1ccccc1)(c1ccccc1)c1ccccc1-2.[C-]#[N+]c1cccc(C#N)c1-c1cccc2c1c1ccccc1n2-c1ccc2c3ccccc3n(-c3ccccc3)c2c1. The lowest BCUT2D eigenvalue weighted by molar-refractivity contribution is 0.660. The second-order valence-electron chi connectivity index (χ2n) is 33.0. The van der Waals surface area contributed by atoms with E-state index in [0.717, 1.165) is 110 Å². The van der Waals surface area contributed by atoms with Crippen molar-refractivity contribution in [2.75, 3.05) is 0 Å². The highest BCUT2D eigenvalue weighted by molar-refractivity contribution is 7.22. The molecule has 24 rings (SSSR count). The highest BCUT2D eigenvalue weighted by Crippen LogP contribution is 2.52.